The number of carbonyl (C=O) groups is 1. The molecule has 7 heteroatoms. The minimum Gasteiger partial charge on any atom is -0.314 e. The lowest BCUT2D eigenvalue weighted by Crippen LogP contribution is -2.40. The molecule has 1 aliphatic heterocycles. The molecule has 1 fully saturated rings. The molecule has 2 unspecified atom stereocenters. The van der Waals surface area contributed by atoms with Crippen molar-refractivity contribution < 1.29 is 4.79 Å². The Morgan fingerprint density at radius 2 is 2.44 bits per heavy atom. The predicted octanol–water partition coefficient (Wildman–Crippen LogP) is -0.463. The van der Waals surface area contributed by atoms with Gasteiger partial charge in [0.15, 0.2) is 0 Å². The molecule has 1 amide bonds. The van der Waals surface area contributed by atoms with Crippen LogP contribution in [0.4, 0.5) is 5.95 Å². The Hall–Kier alpha value is -1.50. The van der Waals surface area contributed by atoms with Crippen molar-refractivity contribution in [2.45, 2.75) is 25.8 Å². The van der Waals surface area contributed by atoms with Gasteiger partial charge in [-0.1, -0.05) is 5.10 Å². The van der Waals surface area contributed by atoms with Crippen LogP contribution in [-0.4, -0.2) is 38.7 Å². The van der Waals surface area contributed by atoms with Gasteiger partial charge in [-0.3, -0.25) is 10.1 Å². The van der Waals surface area contributed by atoms with Crippen molar-refractivity contribution in [1.29, 1.82) is 0 Å². The number of aryl methyl sites for hydroxylation is 1. The summed E-state index contributed by atoms with van der Waals surface area (Å²) in [5.41, 5.74) is 0. The molecule has 88 valence electrons. The van der Waals surface area contributed by atoms with Crippen molar-refractivity contribution in [2.24, 2.45) is 13.0 Å². The third-order valence-electron chi connectivity index (χ3n) is 2.74. The summed E-state index contributed by atoms with van der Waals surface area (Å²) in [6.07, 6.45) is 1.71. The molecular weight excluding hydrogens is 208 g/mol. The third-order valence-corrected chi connectivity index (χ3v) is 2.74. The van der Waals surface area contributed by atoms with Crippen molar-refractivity contribution in [2.75, 3.05) is 11.9 Å². The maximum atomic E-state index is 11.9. The molecule has 2 heterocycles. The molecule has 16 heavy (non-hydrogen) atoms. The average molecular weight is 224 g/mol. The first-order valence-electron chi connectivity index (χ1n) is 5.43. The fourth-order valence-corrected chi connectivity index (χ4v) is 1.92. The Labute approximate surface area is 93.6 Å². The molecule has 1 aromatic heterocycles. The Morgan fingerprint density at radius 1 is 1.62 bits per heavy atom. The Morgan fingerprint density at radius 3 is 3.06 bits per heavy atom. The van der Waals surface area contributed by atoms with Gasteiger partial charge < -0.3 is 5.32 Å². The average Bonchev–Trinajstić information content (AvgIpc) is 2.64. The second-order valence-electron chi connectivity index (χ2n) is 4.17. The van der Waals surface area contributed by atoms with Crippen molar-refractivity contribution in [3.63, 3.8) is 0 Å². The second kappa shape index (κ2) is 4.56. The van der Waals surface area contributed by atoms with E-state index < -0.39 is 0 Å². The number of tetrazole rings is 1. The number of nitrogens with one attached hydrogen (secondary N) is 2. The van der Waals surface area contributed by atoms with Crippen LogP contribution in [0.5, 0.6) is 0 Å². The standard InChI is InChI=1S/C9H16N6O/c1-6-5-7(3-4-10-6)8(16)11-9-12-14-15(2)13-9/h6-7,10H,3-5H2,1-2H3,(H,11,13,16). The topological polar surface area (TPSA) is 84.7 Å². The van der Waals surface area contributed by atoms with E-state index in [1.54, 1.807) is 7.05 Å². The van der Waals surface area contributed by atoms with Crippen LogP contribution in [-0.2, 0) is 11.8 Å². The molecule has 0 bridgehead atoms. The largest absolute Gasteiger partial charge is 0.314 e. The maximum absolute atomic E-state index is 11.9. The molecule has 0 radical (unpaired) electrons. The number of piperidine rings is 1. The van der Waals surface area contributed by atoms with E-state index >= 15 is 0 Å². The minimum atomic E-state index is -0.0126. The maximum Gasteiger partial charge on any atom is 0.270 e. The van der Waals surface area contributed by atoms with Crippen molar-refractivity contribution in [3.8, 4) is 0 Å². The summed E-state index contributed by atoms with van der Waals surface area (Å²) < 4.78 is 0. The van der Waals surface area contributed by atoms with E-state index in [0.717, 1.165) is 19.4 Å². The molecule has 2 N–H and O–H groups in total. The van der Waals surface area contributed by atoms with Crippen LogP contribution in [0.15, 0.2) is 0 Å². The molecule has 1 aliphatic rings. The van der Waals surface area contributed by atoms with Gasteiger partial charge in [0, 0.05) is 12.0 Å². The summed E-state index contributed by atoms with van der Waals surface area (Å²) in [4.78, 5) is 13.2. The van der Waals surface area contributed by atoms with Gasteiger partial charge in [-0.15, -0.1) is 5.10 Å². The minimum absolute atomic E-state index is 0.0126. The summed E-state index contributed by atoms with van der Waals surface area (Å²) in [6.45, 7) is 2.97. The molecule has 0 aromatic carbocycles. The Kier molecular flexibility index (Phi) is 3.14. The lowest BCUT2D eigenvalue weighted by molar-refractivity contribution is -0.120. The highest BCUT2D eigenvalue weighted by Crippen LogP contribution is 2.17. The van der Waals surface area contributed by atoms with Crippen molar-refractivity contribution in [3.05, 3.63) is 0 Å². The second-order valence-corrected chi connectivity index (χ2v) is 4.17. The quantitative estimate of drug-likeness (QED) is 0.710. The summed E-state index contributed by atoms with van der Waals surface area (Å²) in [5, 5.41) is 17.3. The summed E-state index contributed by atoms with van der Waals surface area (Å²) in [7, 11) is 1.66. The number of nitrogens with zero attached hydrogens (tertiary/aromatic N) is 4. The lowest BCUT2D eigenvalue weighted by atomic mass is 9.92. The fraction of sp³-hybridized carbons (Fsp3) is 0.778. The van der Waals surface area contributed by atoms with Gasteiger partial charge in [-0.25, -0.2) is 0 Å². The number of aromatic nitrogens is 4. The highest BCUT2D eigenvalue weighted by atomic mass is 16.2. The number of hydrogen-bond donors (Lipinski definition) is 2. The van der Waals surface area contributed by atoms with E-state index in [1.807, 2.05) is 0 Å². The van der Waals surface area contributed by atoms with Gasteiger partial charge in [-0.2, -0.15) is 4.80 Å². The van der Waals surface area contributed by atoms with Crippen molar-refractivity contribution in [1.82, 2.24) is 25.5 Å². The summed E-state index contributed by atoms with van der Waals surface area (Å²) >= 11 is 0. The van der Waals surface area contributed by atoms with Gasteiger partial charge in [0.05, 0.1) is 7.05 Å². The van der Waals surface area contributed by atoms with Crippen LogP contribution < -0.4 is 10.6 Å². The van der Waals surface area contributed by atoms with Gasteiger partial charge in [0.1, 0.15) is 0 Å². The van der Waals surface area contributed by atoms with Gasteiger partial charge >= 0.3 is 0 Å². The molecule has 1 saturated heterocycles. The van der Waals surface area contributed by atoms with E-state index in [1.165, 1.54) is 4.80 Å². The molecule has 0 spiro atoms. The molecule has 2 rings (SSSR count). The number of anilines is 1. The number of hydrogen-bond acceptors (Lipinski definition) is 5. The summed E-state index contributed by atoms with van der Waals surface area (Å²) in [6, 6.07) is 0.388. The molecule has 2 atom stereocenters. The first kappa shape index (κ1) is 11.0. The number of carbonyl (C=O) groups excluding carboxylic acids is 1. The molecule has 0 aliphatic carbocycles. The van der Waals surface area contributed by atoms with Crippen LogP contribution in [0.2, 0.25) is 0 Å². The van der Waals surface area contributed by atoms with Gasteiger partial charge in [-0.05, 0) is 31.5 Å². The van der Waals surface area contributed by atoms with E-state index in [0.29, 0.717) is 6.04 Å². The van der Waals surface area contributed by atoms with Crippen molar-refractivity contribution >= 4 is 11.9 Å². The van der Waals surface area contributed by atoms with Crippen LogP contribution in [0.25, 0.3) is 0 Å². The zero-order valence-electron chi connectivity index (χ0n) is 9.47. The van der Waals surface area contributed by atoms with E-state index in [2.05, 4.69) is 33.0 Å². The fourth-order valence-electron chi connectivity index (χ4n) is 1.92. The number of rotatable bonds is 2. The lowest BCUT2D eigenvalue weighted by Gasteiger charge is -2.26. The third kappa shape index (κ3) is 2.54. The van der Waals surface area contributed by atoms with Crippen LogP contribution in [0, 0.1) is 5.92 Å². The highest BCUT2D eigenvalue weighted by molar-refractivity contribution is 5.90. The van der Waals surface area contributed by atoms with Gasteiger partial charge in [0.2, 0.25) is 5.91 Å². The Balaban J connectivity index is 1.92. The first-order valence-corrected chi connectivity index (χ1v) is 5.43. The molecule has 0 saturated carbocycles. The molecular formula is C9H16N6O. The van der Waals surface area contributed by atoms with E-state index in [9.17, 15) is 4.79 Å². The van der Waals surface area contributed by atoms with Crippen LogP contribution >= 0.6 is 0 Å². The normalized spacial score (nSPS) is 25.4. The van der Waals surface area contributed by atoms with Gasteiger partial charge in [0.25, 0.3) is 5.95 Å². The van der Waals surface area contributed by atoms with E-state index in [-0.39, 0.29) is 17.8 Å². The highest BCUT2D eigenvalue weighted by Gasteiger charge is 2.25. The summed E-state index contributed by atoms with van der Waals surface area (Å²) in [5.74, 6) is 0.306. The first-order chi connectivity index (χ1) is 7.65. The SMILES string of the molecule is CC1CC(C(=O)Nc2nnn(C)n2)CCN1. The van der Waals surface area contributed by atoms with E-state index in [4.69, 9.17) is 0 Å². The zero-order valence-corrected chi connectivity index (χ0v) is 9.47. The molecule has 7 nitrogen and oxygen atoms in total. The molecule has 1 aromatic rings. The zero-order chi connectivity index (χ0) is 11.5. The van der Waals surface area contributed by atoms with Crippen LogP contribution in [0.3, 0.4) is 0 Å². The smallest absolute Gasteiger partial charge is 0.270 e. The predicted molar refractivity (Wildman–Crippen MR) is 57.6 cm³/mol. The van der Waals surface area contributed by atoms with Crippen LogP contribution in [0.1, 0.15) is 19.8 Å². The number of amides is 1. The Bertz CT molecular complexity index is 376. The monoisotopic (exact) mass is 224 g/mol.